The highest BCUT2D eigenvalue weighted by molar-refractivity contribution is 6.42. The molecule has 0 heterocycles. The molecule has 0 unspecified atom stereocenters. The Morgan fingerprint density at radius 1 is 1.09 bits per heavy atom. The number of hydrogen-bond donors (Lipinski definition) is 3. The number of likely N-dealkylation sites (N-methyl/N-ethyl adjacent to an activating group) is 2. The molecule has 23 heavy (non-hydrogen) atoms. The van der Waals surface area contributed by atoms with E-state index >= 15 is 0 Å². The summed E-state index contributed by atoms with van der Waals surface area (Å²) in [5.74, 6) is -0.901. The van der Waals surface area contributed by atoms with Crippen LogP contribution in [-0.2, 0) is 14.4 Å². The smallest absolute Gasteiger partial charge is 0.243 e. The first kappa shape index (κ1) is 19.2. The maximum atomic E-state index is 11.9. The van der Waals surface area contributed by atoms with Crippen molar-refractivity contribution in [1.82, 2.24) is 15.5 Å². The van der Waals surface area contributed by atoms with Gasteiger partial charge in [-0.2, -0.15) is 0 Å². The number of anilines is 1. The standard InChI is InChI=1S/C14H18Cl2N4O3/c1-17-12(21)6-18-7-14(23)20(2)8-13(22)19-9-3-4-10(15)11(16)5-9/h3-5,18H,6-8H2,1-2H3,(H,17,21)(H,19,22). The van der Waals surface area contributed by atoms with Gasteiger partial charge < -0.3 is 15.5 Å². The Morgan fingerprint density at radius 3 is 2.39 bits per heavy atom. The van der Waals surface area contributed by atoms with E-state index < -0.39 is 0 Å². The lowest BCUT2D eigenvalue weighted by molar-refractivity contribution is -0.132. The van der Waals surface area contributed by atoms with E-state index in [1.54, 1.807) is 12.1 Å². The van der Waals surface area contributed by atoms with Gasteiger partial charge in [0.2, 0.25) is 17.7 Å². The van der Waals surface area contributed by atoms with Gasteiger partial charge in [-0.1, -0.05) is 23.2 Å². The molecule has 0 spiro atoms. The first-order valence-corrected chi connectivity index (χ1v) is 7.49. The molecular formula is C14H18Cl2N4O3. The van der Waals surface area contributed by atoms with Gasteiger partial charge in [0.05, 0.1) is 29.7 Å². The Labute approximate surface area is 144 Å². The van der Waals surface area contributed by atoms with Gasteiger partial charge in [-0.05, 0) is 18.2 Å². The lowest BCUT2D eigenvalue weighted by Gasteiger charge is -2.17. The number of amides is 3. The fourth-order valence-electron chi connectivity index (χ4n) is 1.58. The van der Waals surface area contributed by atoms with E-state index in [0.29, 0.717) is 15.7 Å². The van der Waals surface area contributed by atoms with Gasteiger partial charge >= 0.3 is 0 Å². The summed E-state index contributed by atoms with van der Waals surface area (Å²) in [4.78, 5) is 36.0. The Bertz CT molecular complexity index is 595. The van der Waals surface area contributed by atoms with E-state index in [1.807, 2.05) is 0 Å². The Balaban J connectivity index is 2.41. The van der Waals surface area contributed by atoms with Gasteiger partial charge in [-0.3, -0.25) is 19.7 Å². The summed E-state index contributed by atoms with van der Waals surface area (Å²) in [5.41, 5.74) is 0.489. The van der Waals surface area contributed by atoms with Gasteiger partial charge in [0.25, 0.3) is 0 Å². The molecule has 0 aliphatic carbocycles. The normalized spacial score (nSPS) is 10.1. The van der Waals surface area contributed by atoms with Crippen LogP contribution in [0.2, 0.25) is 10.0 Å². The molecule has 0 fully saturated rings. The van der Waals surface area contributed by atoms with E-state index in [4.69, 9.17) is 23.2 Å². The second-order valence-electron chi connectivity index (χ2n) is 4.70. The number of carbonyl (C=O) groups is 3. The summed E-state index contributed by atoms with van der Waals surface area (Å²) in [6, 6.07) is 4.70. The SMILES string of the molecule is CNC(=O)CNCC(=O)N(C)CC(=O)Nc1ccc(Cl)c(Cl)c1. The first-order chi connectivity index (χ1) is 10.8. The van der Waals surface area contributed by atoms with E-state index in [2.05, 4.69) is 16.0 Å². The number of halogens is 2. The van der Waals surface area contributed by atoms with Crippen molar-refractivity contribution in [1.29, 1.82) is 0 Å². The zero-order valence-corrected chi connectivity index (χ0v) is 14.3. The third-order valence-electron chi connectivity index (χ3n) is 2.85. The van der Waals surface area contributed by atoms with Gasteiger partial charge in [0.15, 0.2) is 0 Å². The van der Waals surface area contributed by atoms with Gasteiger partial charge in [-0.15, -0.1) is 0 Å². The average Bonchev–Trinajstić information content (AvgIpc) is 2.50. The average molecular weight is 361 g/mol. The molecule has 0 saturated heterocycles. The van der Waals surface area contributed by atoms with E-state index in [0.717, 1.165) is 0 Å². The zero-order valence-electron chi connectivity index (χ0n) is 12.8. The second-order valence-corrected chi connectivity index (χ2v) is 5.52. The van der Waals surface area contributed by atoms with E-state index in [1.165, 1.54) is 25.1 Å². The Kier molecular flexibility index (Phi) is 7.80. The predicted octanol–water partition coefficient (Wildman–Crippen LogP) is 0.726. The second kappa shape index (κ2) is 9.34. The third kappa shape index (κ3) is 6.85. The third-order valence-corrected chi connectivity index (χ3v) is 3.59. The number of nitrogens with zero attached hydrogens (tertiary/aromatic N) is 1. The van der Waals surface area contributed by atoms with Crippen LogP contribution in [-0.4, -0.2) is 56.4 Å². The number of carbonyl (C=O) groups excluding carboxylic acids is 3. The number of benzene rings is 1. The molecule has 9 heteroatoms. The predicted molar refractivity (Wildman–Crippen MR) is 89.7 cm³/mol. The van der Waals surface area contributed by atoms with Crippen molar-refractivity contribution in [3.05, 3.63) is 28.2 Å². The van der Waals surface area contributed by atoms with Crippen LogP contribution >= 0.6 is 23.2 Å². The fourth-order valence-corrected chi connectivity index (χ4v) is 1.88. The van der Waals surface area contributed by atoms with Crippen LogP contribution in [0.25, 0.3) is 0 Å². The first-order valence-electron chi connectivity index (χ1n) is 6.73. The lowest BCUT2D eigenvalue weighted by atomic mass is 10.3. The molecule has 1 aromatic rings. The molecule has 7 nitrogen and oxygen atoms in total. The highest BCUT2D eigenvalue weighted by Gasteiger charge is 2.13. The van der Waals surface area contributed by atoms with Crippen LogP contribution in [0.5, 0.6) is 0 Å². The maximum absolute atomic E-state index is 11.9. The molecule has 0 aliphatic heterocycles. The molecule has 3 N–H and O–H groups in total. The molecule has 3 amide bonds. The highest BCUT2D eigenvalue weighted by Crippen LogP contribution is 2.24. The van der Waals surface area contributed by atoms with E-state index in [9.17, 15) is 14.4 Å². The Hall–Kier alpha value is -1.83. The Morgan fingerprint density at radius 2 is 1.78 bits per heavy atom. The summed E-state index contributed by atoms with van der Waals surface area (Å²) in [7, 11) is 3.00. The van der Waals surface area contributed by atoms with Gasteiger partial charge in [0, 0.05) is 19.8 Å². The summed E-state index contributed by atoms with van der Waals surface area (Å²) in [6.07, 6.45) is 0. The molecular weight excluding hydrogens is 343 g/mol. The largest absolute Gasteiger partial charge is 0.358 e. The van der Waals surface area contributed by atoms with Crippen molar-refractivity contribution in [2.75, 3.05) is 39.0 Å². The summed E-state index contributed by atoms with van der Waals surface area (Å²) in [5, 5.41) is 8.44. The molecule has 0 aliphatic rings. The van der Waals surface area contributed by atoms with Crippen molar-refractivity contribution in [3.63, 3.8) is 0 Å². The van der Waals surface area contributed by atoms with Crippen molar-refractivity contribution in [2.24, 2.45) is 0 Å². The van der Waals surface area contributed by atoms with Crippen LogP contribution < -0.4 is 16.0 Å². The van der Waals surface area contributed by atoms with Crippen LogP contribution in [0.3, 0.4) is 0 Å². The highest BCUT2D eigenvalue weighted by atomic mass is 35.5. The number of rotatable bonds is 7. The fraction of sp³-hybridized carbons (Fsp3) is 0.357. The maximum Gasteiger partial charge on any atom is 0.243 e. The molecule has 1 aromatic carbocycles. The lowest BCUT2D eigenvalue weighted by Crippen LogP contribution is -2.42. The zero-order chi connectivity index (χ0) is 17.4. The van der Waals surface area contributed by atoms with Gasteiger partial charge in [0.1, 0.15) is 0 Å². The molecule has 1 rings (SSSR count). The van der Waals surface area contributed by atoms with Crippen molar-refractivity contribution in [3.8, 4) is 0 Å². The van der Waals surface area contributed by atoms with Crippen LogP contribution in [0.4, 0.5) is 5.69 Å². The topological polar surface area (TPSA) is 90.5 Å². The molecule has 0 saturated carbocycles. The molecule has 0 atom stereocenters. The molecule has 0 aromatic heterocycles. The van der Waals surface area contributed by atoms with Crippen LogP contribution in [0.1, 0.15) is 0 Å². The van der Waals surface area contributed by atoms with Crippen molar-refractivity contribution < 1.29 is 14.4 Å². The summed E-state index contributed by atoms with van der Waals surface area (Å²) < 4.78 is 0. The number of hydrogen-bond acceptors (Lipinski definition) is 4. The van der Waals surface area contributed by atoms with Crippen molar-refractivity contribution in [2.45, 2.75) is 0 Å². The van der Waals surface area contributed by atoms with Gasteiger partial charge in [-0.25, -0.2) is 0 Å². The van der Waals surface area contributed by atoms with Crippen LogP contribution in [0, 0.1) is 0 Å². The minimum Gasteiger partial charge on any atom is -0.358 e. The molecule has 0 radical (unpaired) electrons. The summed E-state index contributed by atoms with van der Waals surface area (Å²) >= 11 is 11.7. The molecule has 126 valence electrons. The minimum atomic E-state index is -0.370. The van der Waals surface area contributed by atoms with Crippen molar-refractivity contribution >= 4 is 46.6 Å². The monoisotopic (exact) mass is 360 g/mol. The van der Waals surface area contributed by atoms with Crippen LogP contribution in [0.15, 0.2) is 18.2 Å². The quantitative estimate of drug-likeness (QED) is 0.668. The summed E-state index contributed by atoms with van der Waals surface area (Å²) in [6.45, 7) is -0.129. The minimum absolute atomic E-state index is 0.0333. The van der Waals surface area contributed by atoms with E-state index in [-0.39, 0.29) is 37.4 Å². The number of nitrogens with one attached hydrogen (secondary N) is 3. The molecule has 0 bridgehead atoms.